The van der Waals surface area contributed by atoms with Crippen LogP contribution in [-0.4, -0.2) is 31.5 Å². The summed E-state index contributed by atoms with van der Waals surface area (Å²) >= 11 is 0. The second-order valence-corrected chi connectivity index (χ2v) is 3.90. The molecular formula is C9H11N5O4. The van der Waals surface area contributed by atoms with Crippen molar-refractivity contribution in [2.24, 2.45) is 7.05 Å². The van der Waals surface area contributed by atoms with Gasteiger partial charge >= 0.3 is 5.69 Å². The van der Waals surface area contributed by atoms with Crippen LogP contribution in [0.3, 0.4) is 0 Å². The Labute approximate surface area is 101 Å². The molecule has 1 aromatic rings. The fraction of sp³-hybridized carbons (Fsp3) is 0.444. The van der Waals surface area contributed by atoms with Gasteiger partial charge < -0.3 is 0 Å². The monoisotopic (exact) mass is 253 g/mol. The lowest BCUT2D eigenvalue weighted by Gasteiger charge is -2.15. The predicted molar refractivity (Wildman–Crippen MR) is 59.3 cm³/mol. The van der Waals surface area contributed by atoms with Gasteiger partial charge in [0.2, 0.25) is 17.6 Å². The topological polar surface area (TPSA) is 110 Å². The normalized spacial score (nSPS) is 15.3. The van der Waals surface area contributed by atoms with E-state index >= 15 is 0 Å². The average molecular weight is 253 g/mol. The number of hydrogen-bond acceptors (Lipinski definition) is 6. The van der Waals surface area contributed by atoms with Crippen molar-refractivity contribution in [3.05, 3.63) is 15.8 Å². The average Bonchev–Trinajstić information content (AvgIpc) is 2.72. The van der Waals surface area contributed by atoms with Gasteiger partial charge in [-0.1, -0.05) is 0 Å². The number of anilines is 1. The molecule has 0 bridgehead atoms. The van der Waals surface area contributed by atoms with Crippen LogP contribution in [0.25, 0.3) is 0 Å². The smallest absolute Gasteiger partial charge is 0.273 e. The number of aromatic nitrogens is 2. The Hall–Kier alpha value is -2.45. The molecule has 0 atom stereocenters. The van der Waals surface area contributed by atoms with Crippen molar-refractivity contribution < 1.29 is 14.5 Å². The molecule has 0 aliphatic carbocycles. The maximum atomic E-state index is 11.4. The van der Waals surface area contributed by atoms with E-state index < -0.39 is 16.7 Å². The molecule has 2 rings (SSSR count). The van der Waals surface area contributed by atoms with E-state index in [4.69, 9.17) is 0 Å². The number of imide groups is 1. The van der Waals surface area contributed by atoms with Gasteiger partial charge in [0.15, 0.2) is 0 Å². The summed E-state index contributed by atoms with van der Waals surface area (Å²) < 4.78 is 1.23. The fourth-order valence-corrected chi connectivity index (χ4v) is 1.80. The third-order valence-electron chi connectivity index (χ3n) is 2.64. The summed E-state index contributed by atoms with van der Waals surface area (Å²) in [6, 6.07) is 0. The van der Waals surface area contributed by atoms with Gasteiger partial charge in [-0.15, -0.1) is 0 Å². The van der Waals surface area contributed by atoms with Gasteiger partial charge in [0.1, 0.15) is 5.69 Å². The summed E-state index contributed by atoms with van der Waals surface area (Å²) in [6.45, 7) is 1.48. The van der Waals surface area contributed by atoms with Crippen LogP contribution in [0, 0.1) is 17.0 Å². The zero-order chi connectivity index (χ0) is 13.4. The molecule has 0 spiro atoms. The van der Waals surface area contributed by atoms with Gasteiger partial charge in [0.25, 0.3) is 0 Å². The molecular weight excluding hydrogens is 242 g/mol. The summed E-state index contributed by atoms with van der Waals surface area (Å²) in [4.78, 5) is 33.2. The minimum absolute atomic E-state index is 0.0149. The third-order valence-corrected chi connectivity index (χ3v) is 2.64. The number of carbonyl (C=O) groups is 2. The fourth-order valence-electron chi connectivity index (χ4n) is 1.80. The first-order valence-corrected chi connectivity index (χ1v) is 5.22. The van der Waals surface area contributed by atoms with Crippen LogP contribution >= 0.6 is 0 Å². The zero-order valence-corrected chi connectivity index (χ0v) is 9.84. The van der Waals surface area contributed by atoms with Crippen molar-refractivity contribution in [3.8, 4) is 0 Å². The molecule has 2 heterocycles. The number of nitrogens with one attached hydrogen (secondary N) is 1. The van der Waals surface area contributed by atoms with E-state index in [9.17, 15) is 19.7 Å². The molecule has 0 radical (unpaired) electrons. The summed E-state index contributed by atoms with van der Waals surface area (Å²) in [6.07, 6.45) is 0.215. The van der Waals surface area contributed by atoms with Crippen LogP contribution in [0.4, 0.5) is 11.5 Å². The maximum Gasteiger partial charge on any atom is 0.335 e. The van der Waals surface area contributed by atoms with Crippen molar-refractivity contribution in [2.75, 3.05) is 5.43 Å². The SMILES string of the molecule is Cc1nn(C)c(NN2C(=O)CCC2=O)c1[N+](=O)[O-]. The third kappa shape index (κ3) is 1.79. The van der Waals surface area contributed by atoms with E-state index in [1.807, 2.05) is 0 Å². The first kappa shape index (κ1) is 12.0. The molecule has 9 nitrogen and oxygen atoms in total. The zero-order valence-electron chi connectivity index (χ0n) is 9.84. The van der Waals surface area contributed by atoms with E-state index in [2.05, 4.69) is 10.5 Å². The predicted octanol–water partition coefficient (Wildman–Crippen LogP) is 0.113. The molecule has 1 N–H and O–H groups in total. The number of hydrogen-bond donors (Lipinski definition) is 1. The minimum Gasteiger partial charge on any atom is -0.273 e. The first-order chi connectivity index (χ1) is 8.41. The Morgan fingerprint density at radius 3 is 2.39 bits per heavy atom. The van der Waals surface area contributed by atoms with Gasteiger partial charge in [0, 0.05) is 19.9 Å². The van der Waals surface area contributed by atoms with Crippen LogP contribution in [-0.2, 0) is 16.6 Å². The molecule has 2 amide bonds. The van der Waals surface area contributed by atoms with Crippen molar-refractivity contribution in [1.29, 1.82) is 0 Å². The van der Waals surface area contributed by atoms with E-state index in [0.29, 0.717) is 0 Å². The highest BCUT2D eigenvalue weighted by Gasteiger charge is 2.33. The Morgan fingerprint density at radius 2 is 1.89 bits per heavy atom. The van der Waals surface area contributed by atoms with Crippen LogP contribution in [0.5, 0.6) is 0 Å². The highest BCUT2D eigenvalue weighted by atomic mass is 16.6. The molecule has 1 fully saturated rings. The molecule has 18 heavy (non-hydrogen) atoms. The highest BCUT2D eigenvalue weighted by Crippen LogP contribution is 2.28. The number of rotatable bonds is 3. The van der Waals surface area contributed by atoms with Gasteiger partial charge in [-0.05, 0) is 6.92 Å². The Bertz CT molecular complexity index is 533. The number of amides is 2. The molecule has 0 saturated carbocycles. The molecule has 1 saturated heterocycles. The summed E-state index contributed by atoms with van der Waals surface area (Å²) in [7, 11) is 1.49. The molecule has 0 aromatic carbocycles. The standard InChI is InChI=1S/C9H11N5O4/c1-5-8(14(17)18)9(12(2)10-5)11-13-6(15)3-4-7(13)16/h11H,3-4H2,1-2H3. The molecule has 1 aliphatic heterocycles. The number of aryl methyl sites for hydroxylation is 2. The number of hydrazine groups is 1. The molecule has 1 aliphatic rings. The Balaban J connectivity index is 2.37. The van der Waals surface area contributed by atoms with E-state index in [1.54, 1.807) is 0 Å². The van der Waals surface area contributed by atoms with Crippen molar-refractivity contribution in [1.82, 2.24) is 14.8 Å². The van der Waals surface area contributed by atoms with Crippen LogP contribution < -0.4 is 5.43 Å². The summed E-state index contributed by atoms with van der Waals surface area (Å²) in [5, 5.41) is 15.6. The lowest BCUT2D eigenvalue weighted by molar-refractivity contribution is -0.384. The van der Waals surface area contributed by atoms with Gasteiger partial charge in [-0.2, -0.15) is 10.1 Å². The maximum absolute atomic E-state index is 11.4. The summed E-state index contributed by atoms with van der Waals surface area (Å²) in [5.74, 6) is -0.803. The number of nitro groups is 1. The molecule has 1 aromatic heterocycles. The first-order valence-electron chi connectivity index (χ1n) is 5.22. The van der Waals surface area contributed by atoms with Crippen molar-refractivity contribution >= 4 is 23.3 Å². The molecule has 96 valence electrons. The highest BCUT2D eigenvalue weighted by molar-refractivity contribution is 6.03. The van der Waals surface area contributed by atoms with E-state index in [1.165, 1.54) is 18.7 Å². The lowest BCUT2D eigenvalue weighted by atomic mass is 10.4. The molecule has 9 heteroatoms. The van der Waals surface area contributed by atoms with Gasteiger partial charge in [-0.25, -0.2) is 4.68 Å². The van der Waals surface area contributed by atoms with Gasteiger partial charge in [0.05, 0.1) is 4.92 Å². The second-order valence-electron chi connectivity index (χ2n) is 3.90. The van der Waals surface area contributed by atoms with Gasteiger partial charge in [-0.3, -0.25) is 25.1 Å². The minimum atomic E-state index is -0.601. The van der Waals surface area contributed by atoms with Crippen LogP contribution in [0.1, 0.15) is 18.5 Å². The summed E-state index contributed by atoms with van der Waals surface area (Å²) in [5.41, 5.74) is 2.44. The van der Waals surface area contributed by atoms with Crippen molar-refractivity contribution in [3.63, 3.8) is 0 Å². The number of carbonyl (C=O) groups excluding carboxylic acids is 2. The largest absolute Gasteiger partial charge is 0.335 e. The van der Waals surface area contributed by atoms with E-state index in [0.717, 1.165) is 5.01 Å². The lowest BCUT2D eigenvalue weighted by Crippen LogP contribution is -2.35. The Kier molecular flexibility index (Phi) is 2.73. The van der Waals surface area contributed by atoms with Crippen molar-refractivity contribution in [2.45, 2.75) is 19.8 Å². The van der Waals surface area contributed by atoms with Crippen LogP contribution in [0.2, 0.25) is 0 Å². The molecule has 0 unspecified atom stereocenters. The quantitative estimate of drug-likeness (QED) is 0.465. The Morgan fingerprint density at radius 1 is 1.33 bits per heavy atom. The second kappa shape index (κ2) is 4.09. The van der Waals surface area contributed by atoms with E-state index in [-0.39, 0.29) is 30.0 Å². The van der Waals surface area contributed by atoms with Crippen LogP contribution in [0.15, 0.2) is 0 Å². The number of nitrogens with zero attached hydrogens (tertiary/aromatic N) is 4.